The molecule has 2 aromatic rings. The highest BCUT2D eigenvalue weighted by atomic mass is 16.6. The summed E-state index contributed by atoms with van der Waals surface area (Å²) in [6.45, 7) is 0. The molecule has 0 amide bonds. The Bertz CT molecular complexity index is 954. The van der Waals surface area contributed by atoms with E-state index in [1.54, 1.807) is 0 Å². The highest BCUT2D eigenvalue weighted by Crippen LogP contribution is 2.10. The van der Waals surface area contributed by atoms with E-state index in [4.69, 9.17) is 0 Å². The van der Waals surface area contributed by atoms with E-state index in [9.17, 15) is 50.1 Å². The van der Waals surface area contributed by atoms with E-state index in [1.165, 1.54) is 24.3 Å². The molecule has 2 atom stereocenters. The van der Waals surface area contributed by atoms with E-state index in [0.29, 0.717) is 0 Å². The first kappa shape index (κ1) is 24.4. The van der Waals surface area contributed by atoms with Crippen molar-refractivity contribution in [2.75, 3.05) is 0 Å². The smallest absolute Gasteiger partial charge is 0.504 e. The number of nitrogens with zero attached hydrogens (tertiary/aromatic N) is 2. The molecule has 2 aromatic carbocycles. The summed E-state index contributed by atoms with van der Waals surface area (Å²) < 4.78 is 8.95. The molecule has 0 bridgehead atoms. The number of hydrogen-bond donors (Lipinski definition) is 4. The second-order valence-electron chi connectivity index (χ2n) is 6.17. The van der Waals surface area contributed by atoms with Crippen LogP contribution < -0.4 is 10.9 Å². The van der Waals surface area contributed by atoms with Gasteiger partial charge in [-0.3, -0.25) is 29.8 Å². The Morgan fingerprint density at radius 1 is 0.781 bits per heavy atom. The molecule has 166 valence electrons. The zero-order chi connectivity index (χ0) is 24.0. The van der Waals surface area contributed by atoms with E-state index in [1.807, 2.05) is 0 Å². The molecule has 32 heavy (non-hydrogen) atoms. The lowest BCUT2D eigenvalue weighted by atomic mass is 9.79. The number of hydrogen-bond acceptors (Lipinski definition) is 12. The average molecular weight is 448 g/mol. The van der Waals surface area contributed by atoms with E-state index in [0.717, 1.165) is 24.3 Å². The van der Waals surface area contributed by atoms with E-state index >= 15 is 0 Å². The van der Waals surface area contributed by atoms with Crippen molar-refractivity contribution >= 4 is 48.5 Å². The van der Waals surface area contributed by atoms with Gasteiger partial charge in [-0.1, -0.05) is 24.3 Å². The molecule has 0 heterocycles. The van der Waals surface area contributed by atoms with Gasteiger partial charge in [0.2, 0.25) is 0 Å². The van der Waals surface area contributed by atoms with Crippen molar-refractivity contribution in [1.29, 1.82) is 0 Å². The standard InChI is InChI=1S/C16H14B2N2O12/c21-13(15(23)31-17(25)9-3-1-5-11(7-9)19(27)28)14(22)16(24)32-18(26)10-4-2-6-12(8-10)20(29)30/h1-8,13-14,21-22,25-26H. The van der Waals surface area contributed by atoms with Crippen LogP contribution in [-0.2, 0) is 18.9 Å². The van der Waals surface area contributed by atoms with Gasteiger partial charge in [-0.2, -0.15) is 0 Å². The summed E-state index contributed by atoms with van der Waals surface area (Å²) in [5.41, 5.74) is -1.29. The number of nitro groups is 2. The molecule has 0 saturated heterocycles. The summed E-state index contributed by atoms with van der Waals surface area (Å²) in [6.07, 6.45) is -5.12. The van der Waals surface area contributed by atoms with Crippen molar-refractivity contribution in [3.8, 4) is 0 Å². The maximum atomic E-state index is 11.9. The number of carbonyl (C=O) groups excluding carboxylic acids is 2. The van der Waals surface area contributed by atoms with Gasteiger partial charge in [0.15, 0.2) is 12.2 Å². The van der Waals surface area contributed by atoms with Gasteiger partial charge in [0.25, 0.3) is 11.4 Å². The molecule has 14 nitrogen and oxygen atoms in total. The third-order valence-corrected chi connectivity index (χ3v) is 3.97. The third-order valence-electron chi connectivity index (χ3n) is 3.97. The summed E-state index contributed by atoms with van der Waals surface area (Å²) in [6, 6.07) is 8.76. The molecular formula is C16H14B2N2O12. The molecule has 2 unspecified atom stereocenters. The largest absolute Gasteiger partial charge is 0.562 e. The van der Waals surface area contributed by atoms with Crippen molar-refractivity contribution in [3.05, 3.63) is 68.8 Å². The number of aliphatic hydroxyl groups excluding tert-OH is 2. The molecule has 0 aliphatic rings. The second kappa shape index (κ2) is 10.4. The van der Waals surface area contributed by atoms with Crippen LogP contribution in [0.4, 0.5) is 11.4 Å². The van der Waals surface area contributed by atoms with E-state index in [2.05, 4.69) is 9.31 Å². The van der Waals surface area contributed by atoms with Gasteiger partial charge in [0.05, 0.1) is 9.85 Å². The summed E-state index contributed by atoms with van der Waals surface area (Å²) in [5, 5.41) is 60.8. The minimum atomic E-state index is -2.56. The van der Waals surface area contributed by atoms with Crippen molar-refractivity contribution in [3.63, 3.8) is 0 Å². The summed E-state index contributed by atoms with van der Waals surface area (Å²) in [5.74, 6) is -3.36. The van der Waals surface area contributed by atoms with Gasteiger partial charge < -0.3 is 29.6 Å². The topological polar surface area (TPSA) is 220 Å². The normalized spacial score (nSPS) is 12.2. The minimum absolute atomic E-state index is 0.224. The number of non-ortho nitro benzene ring substituents is 2. The molecule has 0 spiro atoms. The van der Waals surface area contributed by atoms with Crippen LogP contribution in [0.3, 0.4) is 0 Å². The fourth-order valence-electron chi connectivity index (χ4n) is 2.34. The summed E-state index contributed by atoms with van der Waals surface area (Å²) >= 11 is 0. The zero-order valence-electron chi connectivity index (χ0n) is 15.9. The first-order valence-electron chi connectivity index (χ1n) is 8.63. The van der Waals surface area contributed by atoms with E-state index < -0.39 is 59.6 Å². The fraction of sp³-hybridized carbons (Fsp3) is 0.125. The number of rotatable bonds is 9. The van der Waals surface area contributed by atoms with Crippen LogP contribution >= 0.6 is 0 Å². The Kier molecular flexibility index (Phi) is 7.97. The van der Waals surface area contributed by atoms with Crippen LogP contribution in [0.2, 0.25) is 0 Å². The SMILES string of the molecule is O=C(OB(O)c1cccc([N+](=O)[O-])c1)C(O)C(O)C(=O)OB(O)c1cccc([N+](=O)[O-])c1. The third kappa shape index (κ3) is 6.08. The van der Waals surface area contributed by atoms with Crippen LogP contribution in [0, 0.1) is 20.2 Å². The van der Waals surface area contributed by atoms with Crippen LogP contribution in [0.1, 0.15) is 0 Å². The van der Waals surface area contributed by atoms with Crippen LogP contribution in [0.15, 0.2) is 48.5 Å². The molecule has 0 radical (unpaired) electrons. The Labute approximate surface area is 179 Å². The molecule has 4 N–H and O–H groups in total. The molecule has 0 fully saturated rings. The maximum Gasteiger partial charge on any atom is 0.562 e. The van der Waals surface area contributed by atoms with Crippen LogP contribution in [-0.4, -0.2) is 68.5 Å². The molecular weight excluding hydrogens is 434 g/mol. The monoisotopic (exact) mass is 448 g/mol. The fourth-order valence-corrected chi connectivity index (χ4v) is 2.34. The Hall–Kier alpha value is -3.85. The van der Waals surface area contributed by atoms with Gasteiger partial charge in [-0.05, 0) is 0 Å². The first-order chi connectivity index (χ1) is 15.0. The number of carbonyl (C=O) groups is 2. The molecule has 0 aliphatic carbocycles. The van der Waals surface area contributed by atoms with Gasteiger partial charge in [-0.25, -0.2) is 0 Å². The highest BCUT2D eigenvalue weighted by Gasteiger charge is 2.37. The van der Waals surface area contributed by atoms with Crippen molar-refractivity contribution in [1.82, 2.24) is 0 Å². The lowest BCUT2D eigenvalue weighted by molar-refractivity contribution is -0.385. The molecule has 2 rings (SSSR count). The molecule has 0 aromatic heterocycles. The number of aliphatic hydroxyl groups is 2. The van der Waals surface area contributed by atoms with Crippen molar-refractivity contribution < 1.29 is 49.0 Å². The maximum absolute atomic E-state index is 11.9. The predicted octanol–water partition coefficient (Wildman–Crippen LogP) is -2.61. The number of nitro benzene ring substituents is 2. The Morgan fingerprint density at radius 3 is 1.44 bits per heavy atom. The Morgan fingerprint density at radius 2 is 1.12 bits per heavy atom. The van der Waals surface area contributed by atoms with Gasteiger partial charge in [-0.15, -0.1) is 0 Å². The van der Waals surface area contributed by atoms with E-state index in [-0.39, 0.29) is 10.9 Å². The van der Waals surface area contributed by atoms with Crippen LogP contribution in [0.5, 0.6) is 0 Å². The Balaban J connectivity index is 2.00. The molecule has 0 saturated carbocycles. The zero-order valence-corrected chi connectivity index (χ0v) is 15.9. The van der Waals surface area contributed by atoms with Gasteiger partial charge in [0, 0.05) is 35.2 Å². The van der Waals surface area contributed by atoms with Crippen molar-refractivity contribution in [2.24, 2.45) is 0 Å². The summed E-state index contributed by atoms with van der Waals surface area (Å²) in [4.78, 5) is 43.8. The lowest BCUT2D eigenvalue weighted by Gasteiger charge is -2.18. The average Bonchev–Trinajstić information content (AvgIpc) is 2.77. The van der Waals surface area contributed by atoms with Gasteiger partial charge >= 0.3 is 26.2 Å². The minimum Gasteiger partial charge on any atom is -0.504 e. The van der Waals surface area contributed by atoms with Crippen LogP contribution in [0.25, 0.3) is 0 Å². The predicted molar refractivity (Wildman–Crippen MR) is 106 cm³/mol. The second-order valence-corrected chi connectivity index (χ2v) is 6.17. The first-order valence-corrected chi connectivity index (χ1v) is 8.63. The number of benzene rings is 2. The summed E-state index contributed by atoms with van der Waals surface area (Å²) in [7, 11) is -4.15. The quantitative estimate of drug-likeness (QED) is 0.176. The highest BCUT2D eigenvalue weighted by molar-refractivity contribution is 6.62. The van der Waals surface area contributed by atoms with Crippen molar-refractivity contribution in [2.45, 2.75) is 12.2 Å². The lowest BCUT2D eigenvalue weighted by Crippen LogP contribution is -2.48. The van der Waals surface area contributed by atoms with Gasteiger partial charge in [0.1, 0.15) is 0 Å². The molecule has 0 aliphatic heterocycles. The molecule has 16 heteroatoms.